The van der Waals surface area contributed by atoms with Crippen LogP contribution in [0.3, 0.4) is 0 Å². The molecule has 1 aromatic heterocycles. The zero-order valence-corrected chi connectivity index (χ0v) is 16.9. The minimum atomic E-state index is -0.484. The highest BCUT2D eigenvalue weighted by atomic mass is 35.5. The Balaban J connectivity index is 1.52. The molecule has 2 saturated heterocycles. The van der Waals surface area contributed by atoms with E-state index >= 15 is 0 Å². The van der Waals surface area contributed by atoms with E-state index in [9.17, 15) is 4.79 Å². The van der Waals surface area contributed by atoms with E-state index in [0.29, 0.717) is 11.6 Å². The fourth-order valence-corrected chi connectivity index (χ4v) is 4.36. The molecule has 0 bridgehead atoms. The summed E-state index contributed by atoms with van der Waals surface area (Å²) >= 11 is 6.32. The molecule has 7 heteroatoms. The average Bonchev–Trinajstić information content (AvgIpc) is 2.96. The number of hydrogen-bond acceptors (Lipinski definition) is 5. The summed E-state index contributed by atoms with van der Waals surface area (Å²) in [5, 5.41) is 8.22. The molecule has 150 valence electrons. The van der Waals surface area contributed by atoms with Crippen molar-refractivity contribution in [3.8, 4) is 0 Å². The number of carbonyl (C=O) groups excluding carboxylic acids is 1. The van der Waals surface area contributed by atoms with E-state index in [1.165, 1.54) is 0 Å². The van der Waals surface area contributed by atoms with E-state index in [4.69, 9.17) is 16.3 Å². The van der Waals surface area contributed by atoms with Crippen LogP contribution in [-0.4, -0.2) is 55.3 Å². The second-order valence-electron chi connectivity index (χ2n) is 7.69. The monoisotopic (exact) mass is 402 g/mol. The Morgan fingerprint density at radius 1 is 1.29 bits per heavy atom. The predicted octanol–water partition coefficient (Wildman–Crippen LogP) is 2.74. The van der Waals surface area contributed by atoms with E-state index in [1.54, 1.807) is 6.20 Å². The largest absolute Gasteiger partial charge is 0.365 e. The first kappa shape index (κ1) is 19.4. The number of amides is 1. The SMILES string of the molecule is CC1CN(c2ccc(Cl)c3ncccc23)C[C@H](C(=O)NC2CCCNCC2)O1. The molecular formula is C21H27ClN4O2. The Bertz CT molecular complexity index is 838. The van der Waals surface area contributed by atoms with Gasteiger partial charge in [-0.2, -0.15) is 0 Å². The highest BCUT2D eigenvalue weighted by Gasteiger charge is 2.32. The van der Waals surface area contributed by atoms with E-state index < -0.39 is 6.10 Å². The van der Waals surface area contributed by atoms with Gasteiger partial charge in [-0.1, -0.05) is 11.6 Å². The van der Waals surface area contributed by atoms with Gasteiger partial charge in [-0.05, 0) is 63.5 Å². The van der Waals surface area contributed by atoms with Crippen molar-refractivity contribution >= 4 is 34.1 Å². The van der Waals surface area contributed by atoms with Crippen LogP contribution in [0.1, 0.15) is 26.2 Å². The topological polar surface area (TPSA) is 66.5 Å². The van der Waals surface area contributed by atoms with Gasteiger partial charge in [-0.25, -0.2) is 0 Å². The lowest BCUT2D eigenvalue weighted by molar-refractivity contribution is -0.138. The number of fused-ring (bicyclic) bond motifs is 1. The van der Waals surface area contributed by atoms with Gasteiger partial charge in [-0.3, -0.25) is 9.78 Å². The number of nitrogens with one attached hydrogen (secondary N) is 2. The lowest BCUT2D eigenvalue weighted by Crippen LogP contribution is -2.54. The van der Waals surface area contributed by atoms with Crippen molar-refractivity contribution in [1.29, 1.82) is 0 Å². The van der Waals surface area contributed by atoms with Gasteiger partial charge in [0.05, 0.1) is 23.2 Å². The molecule has 0 radical (unpaired) electrons. The number of hydrogen-bond donors (Lipinski definition) is 2. The molecule has 28 heavy (non-hydrogen) atoms. The summed E-state index contributed by atoms with van der Waals surface area (Å²) in [6.07, 6.45) is 4.29. The summed E-state index contributed by atoms with van der Waals surface area (Å²) in [6, 6.07) is 8.04. The highest BCUT2D eigenvalue weighted by Crippen LogP contribution is 2.32. The molecule has 2 N–H and O–H groups in total. The summed E-state index contributed by atoms with van der Waals surface area (Å²) in [5.74, 6) is -0.0140. The van der Waals surface area contributed by atoms with Crippen LogP contribution in [0, 0.1) is 0 Å². The number of carbonyl (C=O) groups is 1. The first-order chi connectivity index (χ1) is 13.6. The van der Waals surface area contributed by atoms with Crippen molar-refractivity contribution in [1.82, 2.24) is 15.6 Å². The van der Waals surface area contributed by atoms with Crippen molar-refractivity contribution in [3.63, 3.8) is 0 Å². The van der Waals surface area contributed by atoms with Crippen LogP contribution in [0.4, 0.5) is 5.69 Å². The van der Waals surface area contributed by atoms with Crippen molar-refractivity contribution in [3.05, 3.63) is 35.5 Å². The summed E-state index contributed by atoms with van der Waals surface area (Å²) in [5.41, 5.74) is 1.83. The van der Waals surface area contributed by atoms with Gasteiger partial charge in [0, 0.05) is 29.9 Å². The number of rotatable bonds is 3. The molecule has 2 fully saturated rings. The number of morpholine rings is 1. The van der Waals surface area contributed by atoms with Gasteiger partial charge in [0.1, 0.15) is 0 Å². The molecule has 2 unspecified atom stereocenters. The number of pyridine rings is 1. The van der Waals surface area contributed by atoms with Crippen molar-refractivity contribution in [2.24, 2.45) is 0 Å². The highest BCUT2D eigenvalue weighted by molar-refractivity contribution is 6.35. The first-order valence-corrected chi connectivity index (χ1v) is 10.4. The Morgan fingerprint density at radius 3 is 3.07 bits per heavy atom. The Hall–Kier alpha value is -1.89. The van der Waals surface area contributed by atoms with Crippen molar-refractivity contribution in [2.75, 3.05) is 31.1 Å². The van der Waals surface area contributed by atoms with Crippen LogP contribution in [-0.2, 0) is 9.53 Å². The molecule has 0 saturated carbocycles. The molecule has 0 spiro atoms. The maximum atomic E-state index is 12.9. The summed E-state index contributed by atoms with van der Waals surface area (Å²) in [7, 11) is 0. The van der Waals surface area contributed by atoms with Crippen molar-refractivity contribution < 1.29 is 9.53 Å². The molecule has 3 heterocycles. The van der Waals surface area contributed by atoms with Crippen molar-refractivity contribution in [2.45, 2.75) is 44.4 Å². The normalized spacial score (nSPS) is 26.1. The molecule has 2 aromatic rings. The molecule has 3 atom stereocenters. The third-order valence-corrected chi connectivity index (χ3v) is 5.82. The molecule has 1 amide bonds. The number of nitrogens with zero attached hydrogens (tertiary/aromatic N) is 2. The number of anilines is 1. The van der Waals surface area contributed by atoms with E-state index in [2.05, 4.69) is 20.5 Å². The number of benzene rings is 1. The molecular weight excluding hydrogens is 376 g/mol. The number of aromatic nitrogens is 1. The van der Waals surface area contributed by atoms with Gasteiger partial charge in [-0.15, -0.1) is 0 Å². The third kappa shape index (κ3) is 4.24. The molecule has 0 aliphatic carbocycles. The molecule has 1 aromatic carbocycles. The second kappa shape index (κ2) is 8.64. The summed E-state index contributed by atoms with van der Waals surface area (Å²) in [4.78, 5) is 19.5. The van der Waals surface area contributed by atoms with Crippen LogP contribution in [0.2, 0.25) is 5.02 Å². The van der Waals surface area contributed by atoms with Gasteiger partial charge in [0.2, 0.25) is 0 Å². The zero-order chi connectivity index (χ0) is 19.5. The number of halogens is 1. The third-order valence-electron chi connectivity index (χ3n) is 5.51. The fourth-order valence-electron chi connectivity index (χ4n) is 4.15. The predicted molar refractivity (Wildman–Crippen MR) is 112 cm³/mol. The minimum absolute atomic E-state index is 0.0140. The van der Waals surface area contributed by atoms with Gasteiger partial charge >= 0.3 is 0 Å². The van der Waals surface area contributed by atoms with E-state index in [1.807, 2.05) is 31.2 Å². The van der Waals surface area contributed by atoms with Crippen LogP contribution < -0.4 is 15.5 Å². The van der Waals surface area contributed by atoms with Crippen LogP contribution >= 0.6 is 11.6 Å². The van der Waals surface area contributed by atoms with Gasteiger partial charge in [0.15, 0.2) is 6.10 Å². The number of ether oxygens (including phenoxy) is 1. The van der Waals surface area contributed by atoms with Gasteiger partial charge in [0.25, 0.3) is 5.91 Å². The smallest absolute Gasteiger partial charge is 0.251 e. The van der Waals surface area contributed by atoms with Crippen LogP contribution in [0.5, 0.6) is 0 Å². The molecule has 2 aliphatic heterocycles. The summed E-state index contributed by atoms with van der Waals surface area (Å²) < 4.78 is 6.00. The van der Waals surface area contributed by atoms with E-state index in [-0.39, 0.29) is 18.1 Å². The van der Waals surface area contributed by atoms with Crippen LogP contribution in [0.15, 0.2) is 30.5 Å². The second-order valence-corrected chi connectivity index (χ2v) is 8.10. The maximum Gasteiger partial charge on any atom is 0.251 e. The Morgan fingerprint density at radius 2 is 2.18 bits per heavy atom. The quantitative estimate of drug-likeness (QED) is 0.826. The average molecular weight is 403 g/mol. The van der Waals surface area contributed by atoms with Crippen LogP contribution in [0.25, 0.3) is 10.9 Å². The fraction of sp³-hybridized carbons (Fsp3) is 0.524. The Labute approximate surface area is 170 Å². The lowest BCUT2D eigenvalue weighted by Gasteiger charge is -2.38. The minimum Gasteiger partial charge on any atom is -0.365 e. The molecule has 4 rings (SSSR count). The molecule has 6 nitrogen and oxygen atoms in total. The standard InChI is InChI=1S/C21H27ClN4O2/c1-14-12-26(18-7-6-17(22)20-16(18)5-3-10-24-20)13-19(28-14)21(27)25-15-4-2-9-23-11-8-15/h3,5-7,10,14-15,19,23H,2,4,8-9,11-13H2,1H3,(H,25,27)/t14?,15?,19-/m1/s1. The van der Waals surface area contributed by atoms with E-state index in [0.717, 1.165) is 55.5 Å². The Kier molecular flexibility index (Phi) is 5.99. The van der Waals surface area contributed by atoms with Gasteiger partial charge < -0.3 is 20.3 Å². The lowest BCUT2D eigenvalue weighted by atomic mass is 10.1. The first-order valence-electron chi connectivity index (χ1n) is 10.1. The zero-order valence-electron chi connectivity index (χ0n) is 16.2. The molecule has 2 aliphatic rings. The summed E-state index contributed by atoms with van der Waals surface area (Å²) in [6.45, 7) is 5.23. The maximum absolute atomic E-state index is 12.9.